The van der Waals surface area contributed by atoms with Gasteiger partial charge in [-0.1, -0.05) is 13.8 Å². The van der Waals surface area contributed by atoms with Gasteiger partial charge in [0.05, 0.1) is 23.2 Å². The highest BCUT2D eigenvalue weighted by molar-refractivity contribution is 5.97. The summed E-state index contributed by atoms with van der Waals surface area (Å²) >= 11 is 0. The number of fused-ring (bicyclic) bond motifs is 1. The summed E-state index contributed by atoms with van der Waals surface area (Å²) in [6.07, 6.45) is 3.02. The third kappa shape index (κ3) is 4.54. The van der Waals surface area contributed by atoms with Crippen molar-refractivity contribution < 1.29 is 9.90 Å². The number of β-amino-alcohol motifs (C(OH)–C–C–N with tert-alkyl or cyclic N) is 1. The number of aromatic amines is 1. The molecule has 0 bridgehead atoms. The van der Waals surface area contributed by atoms with Gasteiger partial charge < -0.3 is 19.9 Å². The second-order valence-electron chi connectivity index (χ2n) is 8.94. The number of benzene rings is 1. The van der Waals surface area contributed by atoms with Crippen LogP contribution in [0.3, 0.4) is 0 Å². The molecule has 0 radical (unpaired) electrons. The number of aryl methyl sites for hydroxylation is 1. The van der Waals surface area contributed by atoms with Gasteiger partial charge in [0.15, 0.2) is 0 Å². The van der Waals surface area contributed by atoms with Crippen LogP contribution in [0, 0.1) is 6.92 Å². The summed E-state index contributed by atoms with van der Waals surface area (Å²) in [5.41, 5.74) is 2.18. The average Bonchev–Trinajstić information content (AvgIpc) is 3.16. The Morgan fingerprint density at radius 2 is 2.13 bits per heavy atom. The smallest absolute Gasteiger partial charge is 0.253 e. The predicted octanol–water partition coefficient (Wildman–Crippen LogP) is 2.89. The maximum absolute atomic E-state index is 13.1. The minimum atomic E-state index is -0.996. The Hall–Kier alpha value is -3.00. The first-order valence-corrected chi connectivity index (χ1v) is 10.8. The molecule has 31 heavy (non-hydrogen) atoms. The number of carbonyl (C=O) groups is 1. The van der Waals surface area contributed by atoms with Crippen LogP contribution in [0.15, 0.2) is 30.6 Å². The largest absolute Gasteiger partial charge is 0.386 e. The van der Waals surface area contributed by atoms with E-state index in [0.29, 0.717) is 18.5 Å². The summed E-state index contributed by atoms with van der Waals surface area (Å²) in [5.74, 6) is 1.89. The van der Waals surface area contributed by atoms with Crippen molar-refractivity contribution in [3.8, 4) is 0 Å². The molecule has 3 heterocycles. The van der Waals surface area contributed by atoms with Crippen molar-refractivity contribution in [2.45, 2.75) is 45.1 Å². The monoisotopic (exact) mass is 422 g/mol. The molecule has 0 spiro atoms. The lowest BCUT2D eigenvalue weighted by Gasteiger charge is -2.41. The molecule has 1 fully saturated rings. The van der Waals surface area contributed by atoms with E-state index in [1.807, 2.05) is 25.1 Å². The summed E-state index contributed by atoms with van der Waals surface area (Å²) < 4.78 is 0. The molecule has 2 N–H and O–H groups in total. The summed E-state index contributed by atoms with van der Waals surface area (Å²) in [6, 6.07) is 7.43. The third-order valence-corrected chi connectivity index (χ3v) is 5.84. The zero-order chi connectivity index (χ0) is 22.2. The van der Waals surface area contributed by atoms with Crippen LogP contribution >= 0.6 is 0 Å². The van der Waals surface area contributed by atoms with Crippen molar-refractivity contribution >= 4 is 22.8 Å². The van der Waals surface area contributed by atoms with E-state index in [9.17, 15) is 9.90 Å². The molecule has 2 aromatic heterocycles. The molecule has 0 aliphatic carbocycles. The highest BCUT2D eigenvalue weighted by Gasteiger charge is 2.36. The molecular formula is C23H30N6O2. The van der Waals surface area contributed by atoms with Gasteiger partial charge >= 0.3 is 0 Å². The van der Waals surface area contributed by atoms with Crippen LogP contribution in [0.2, 0.25) is 0 Å². The molecule has 164 valence electrons. The minimum absolute atomic E-state index is 0.119. The number of rotatable bonds is 5. The van der Waals surface area contributed by atoms with Gasteiger partial charge in [-0.05, 0) is 38.0 Å². The van der Waals surface area contributed by atoms with Gasteiger partial charge in [0.1, 0.15) is 18.0 Å². The Morgan fingerprint density at radius 1 is 1.32 bits per heavy atom. The Kier molecular flexibility index (Phi) is 5.66. The molecule has 1 aromatic carbocycles. The number of aliphatic hydroxyl groups is 1. The lowest BCUT2D eigenvalue weighted by Crippen LogP contribution is -2.54. The number of amides is 1. The van der Waals surface area contributed by atoms with E-state index in [-0.39, 0.29) is 18.4 Å². The van der Waals surface area contributed by atoms with E-state index in [1.165, 1.54) is 0 Å². The molecule has 3 aromatic rings. The molecule has 1 saturated heterocycles. The Labute approximate surface area is 182 Å². The van der Waals surface area contributed by atoms with E-state index in [2.05, 4.69) is 38.7 Å². The molecule has 1 aliphatic heterocycles. The van der Waals surface area contributed by atoms with Crippen molar-refractivity contribution in [1.82, 2.24) is 24.8 Å². The standard InChI is InChI=1S/C23H30N6O2/c1-15(2)21-26-18-7-6-17(11-19(18)27-21)22(30)28(4)12-23(31)8-5-9-29(13-23)20-10-16(3)24-14-25-20/h6-7,10-11,14-15,31H,5,8-9,12-13H2,1-4H3,(H,26,27)/t23-/m0/s1. The first-order valence-electron chi connectivity index (χ1n) is 10.8. The SMILES string of the molecule is Cc1cc(N2CCC[C@](O)(CN(C)C(=O)c3ccc4nc(C(C)C)[nH]c4c3)C2)ncn1. The quantitative estimate of drug-likeness (QED) is 0.656. The Balaban J connectivity index is 1.48. The normalized spacial score (nSPS) is 19.2. The molecule has 0 saturated carbocycles. The summed E-state index contributed by atoms with van der Waals surface area (Å²) in [4.78, 5) is 33.1. The van der Waals surface area contributed by atoms with Crippen LogP contribution in [0.5, 0.6) is 0 Å². The lowest BCUT2D eigenvalue weighted by atomic mass is 9.92. The molecule has 1 aliphatic rings. The summed E-state index contributed by atoms with van der Waals surface area (Å²) in [5, 5.41) is 11.3. The maximum atomic E-state index is 13.1. The van der Waals surface area contributed by atoms with Gasteiger partial charge in [0, 0.05) is 43.4 Å². The summed E-state index contributed by atoms with van der Waals surface area (Å²) in [6.45, 7) is 7.59. The maximum Gasteiger partial charge on any atom is 0.253 e. The third-order valence-electron chi connectivity index (χ3n) is 5.84. The zero-order valence-electron chi connectivity index (χ0n) is 18.6. The van der Waals surface area contributed by atoms with E-state index in [4.69, 9.17) is 0 Å². The molecule has 4 rings (SSSR count). The number of aromatic nitrogens is 4. The highest BCUT2D eigenvalue weighted by atomic mass is 16.3. The number of carbonyl (C=O) groups excluding carboxylic acids is 1. The van der Waals surface area contributed by atoms with Crippen LogP contribution in [0.25, 0.3) is 11.0 Å². The highest BCUT2D eigenvalue weighted by Crippen LogP contribution is 2.26. The summed E-state index contributed by atoms with van der Waals surface area (Å²) in [7, 11) is 1.74. The van der Waals surface area contributed by atoms with Crippen LogP contribution in [-0.2, 0) is 0 Å². The number of imidazole rings is 1. The topological polar surface area (TPSA) is 98.2 Å². The number of hydrogen-bond donors (Lipinski definition) is 2. The van der Waals surface area contributed by atoms with Crippen LogP contribution in [-0.4, -0.2) is 68.1 Å². The van der Waals surface area contributed by atoms with Crippen molar-refractivity contribution in [1.29, 1.82) is 0 Å². The van der Waals surface area contributed by atoms with E-state index >= 15 is 0 Å². The van der Waals surface area contributed by atoms with E-state index < -0.39 is 5.60 Å². The van der Waals surface area contributed by atoms with Gasteiger partial charge in [-0.2, -0.15) is 0 Å². The van der Waals surface area contributed by atoms with Crippen LogP contribution < -0.4 is 4.90 Å². The molecule has 8 heteroatoms. The number of anilines is 1. The molecule has 0 unspecified atom stereocenters. The minimum Gasteiger partial charge on any atom is -0.386 e. The van der Waals surface area contributed by atoms with Gasteiger partial charge in [0.2, 0.25) is 0 Å². The van der Waals surface area contributed by atoms with Crippen molar-refractivity contribution in [3.63, 3.8) is 0 Å². The molecule has 8 nitrogen and oxygen atoms in total. The van der Waals surface area contributed by atoms with Gasteiger partial charge in [-0.25, -0.2) is 15.0 Å². The van der Waals surface area contributed by atoms with Crippen LogP contribution in [0.1, 0.15) is 54.5 Å². The van der Waals surface area contributed by atoms with Gasteiger partial charge in [0.25, 0.3) is 5.91 Å². The van der Waals surface area contributed by atoms with Gasteiger partial charge in [-0.3, -0.25) is 4.79 Å². The van der Waals surface area contributed by atoms with Crippen molar-refractivity contribution in [2.75, 3.05) is 31.6 Å². The van der Waals surface area contributed by atoms with Gasteiger partial charge in [-0.15, -0.1) is 0 Å². The second-order valence-corrected chi connectivity index (χ2v) is 8.94. The number of piperidine rings is 1. The molecule has 1 amide bonds. The van der Waals surface area contributed by atoms with E-state index in [1.54, 1.807) is 24.3 Å². The fourth-order valence-corrected chi connectivity index (χ4v) is 4.22. The molecule has 1 atom stereocenters. The fraction of sp³-hybridized carbons (Fsp3) is 0.478. The number of nitrogens with zero attached hydrogens (tertiary/aromatic N) is 5. The number of hydrogen-bond acceptors (Lipinski definition) is 6. The first kappa shape index (κ1) is 21.2. The Morgan fingerprint density at radius 3 is 2.87 bits per heavy atom. The lowest BCUT2D eigenvalue weighted by molar-refractivity contribution is -0.000136. The average molecular weight is 423 g/mol. The van der Waals surface area contributed by atoms with Crippen molar-refractivity contribution in [3.05, 3.63) is 47.7 Å². The van der Waals surface area contributed by atoms with E-state index in [0.717, 1.165) is 41.3 Å². The van der Waals surface area contributed by atoms with Crippen LogP contribution in [0.4, 0.5) is 5.82 Å². The molecular weight excluding hydrogens is 392 g/mol. The Bertz CT molecular complexity index is 1090. The number of nitrogens with one attached hydrogen (secondary N) is 1. The fourth-order valence-electron chi connectivity index (χ4n) is 4.22. The zero-order valence-corrected chi connectivity index (χ0v) is 18.6. The number of likely N-dealkylation sites (N-methyl/N-ethyl adjacent to an activating group) is 1. The van der Waals surface area contributed by atoms with Crippen molar-refractivity contribution in [2.24, 2.45) is 0 Å². The first-order chi connectivity index (χ1) is 14.7. The second kappa shape index (κ2) is 8.26. The predicted molar refractivity (Wildman–Crippen MR) is 120 cm³/mol. The number of H-pyrrole nitrogens is 1.